The highest BCUT2D eigenvalue weighted by molar-refractivity contribution is 8.09. The van der Waals surface area contributed by atoms with Gasteiger partial charge in [0.25, 0.3) is 0 Å². The molecule has 1 saturated carbocycles. The lowest BCUT2D eigenvalue weighted by Crippen LogP contribution is -2.64. The van der Waals surface area contributed by atoms with Gasteiger partial charge in [0.2, 0.25) is 29.5 Å². The van der Waals surface area contributed by atoms with Crippen LogP contribution in [0.5, 0.6) is 0 Å². The zero-order chi connectivity index (χ0) is 69.7. The normalized spacial score (nSPS) is 30.1. The van der Waals surface area contributed by atoms with Crippen LogP contribution in [0.15, 0.2) is 0 Å². The number of ether oxygens (including phenoxy) is 9. The van der Waals surface area contributed by atoms with E-state index < -0.39 is 183 Å². The molecule has 3 aliphatic heterocycles. The van der Waals surface area contributed by atoms with Crippen LogP contribution < -0.4 is 31.5 Å². The number of carbonyl (C=O) groups excluding carboxylic acids is 8. The largest absolute Gasteiger partial charge is 0.800 e. The zero-order valence-electron chi connectivity index (χ0n) is 54.1. The van der Waals surface area contributed by atoms with Crippen molar-refractivity contribution in [2.45, 2.75) is 240 Å². The van der Waals surface area contributed by atoms with Crippen molar-refractivity contribution in [2.75, 3.05) is 79.3 Å². The third-order valence-corrected chi connectivity index (χ3v) is 19.6. The number of nitrogens with one attached hydrogen (secondary N) is 5. The van der Waals surface area contributed by atoms with E-state index in [1.54, 1.807) is 13.8 Å². The molecule has 0 aromatic rings. The highest BCUT2D eigenvalue weighted by Gasteiger charge is 2.48. The summed E-state index contributed by atoms with van der Waals surface area (Å²) >= 11 is 5.22. The summed E-state index contributed by atoms with van der Waals surface area (Å²) in [6, 6.07) is -5.86. The highest BCUT2D eigenvalue weighted by atomic mass is 32.5. The summed E-state index contributed by atoms with van der Waals surface area (Å²) in [5, 5.41) is 104. The van der Waals surface area contributed by atoms with Crippen LogP contribution in [0.4, 0.5) is 0 Å². The third kappa shape index (κ3) is 27.8. The first-order valence-electron chi connectivity index (χ1n) is 32.0. The van der Waals surface area contributed by atoms with E-state index >= 15 is 0 Å². The Balaban J connectivity index is 1.37. The summed E-state index contributed by atoms with van der Waals surface area (Å²) in [4.78, 5) is 117. The molecule has 4 aliphatic rings. The van der Waals surface area contributed by atoms with Crippen molar-refractivity contribution in [1.82, 2.24) is 26.6 Å². The second kappa shape index (κ2) is 42.9. The fourth-order valence-corrected chi connectivity index (χ4v) is 12.1. The van der Waals surface area contributed by atoms with E-state index in [0.717, 1.165) is 0 Å². The first kappa shape index (κ1) is 82.6. The Morgan fingerprint density at radius 3 is 1.22 bits per heavy atom. The van der Waals surface area contributed by atoms with E-state index in [0.29, 0.717) is 25.7 Å². The Morgan fingerprint density at radius 2 is 0.862 bits per heavy atom. The maximum absolute atomic E-state index is 14.0. The fraction of sp³-hybridized carbons (Fsp3) is 0.864. The van der Waals surface area contributed by atoms with Crippen molar-refractivity contribution in [3.63, 3.8) is 0 Å². The van der Waals surface area contributed by atoms with Crippen molar-refractivity contribution in [3.05, 3.63) is 0 Å². The van der Waals surface area contributed by atoms with Crippen LogP contribution in [-0.2, 0) is 97.3 Å². The van der Waals surface area contributed by atoms with Crippen LogP contribution in [0.25, 0.3) is 0 Å². The van der Waals surface area contributed by atoms with Gasteiger partial charge in [0, 0.05) is 78.6 Å². The molecule has 1 aliphatic carbocycles. The molecule has 3 heterocycles. The van der Waals surface area contributed by atoms with E-state index in [4.69, 9.17) is 59.0 Å². The summed E-state index contributed by atoms with van der Waals surface area (Å²) in [6.07, 6.45) is -15.9. The van der Waals surface area contributed by atoms with E-state index in [1.807, 2.05) is 0 Å². The van der Waals surface area contributed by atoms with Gasteiger partial charge in [-0.05, 0) is 69.9 Å². The minimum Gasteiger partial charge on any atom is -0.800 e. The van der Waals surface area contributed by atoms with Crippen LogP contribution in [0, 0.1) is 5.92 Å². The molecular weight excluding hydrogens is 1290 g/mol. The second-order valence-electron chi connectivity index (χ2n) is 24.0. The molecule has 35 heteroatoms. The molecule has 542 valence electrons. The maximum atomic E-state index is 14.0. The predicted octanol–water partition coefficient (Wildman–Crippen LogP) is -4.85. The standard InChI is InChI=1S/C59H102N5O28PS/c1-32(2)93(82,94)92-38-15-12-36(13-16-38)56(81)64-40(42(73)11-8-22-85-25-28-88-59-49(62-35(5)70)55(80)52(77)45(31-67)91-59)18-19-46(74)63-39(41(72)10-7-21-84-24-27-87-58-48(61-34(4)69)54(79)51(76)44(30-66)90-58)17-14-37(71)9-6-20-83-23-26-86-57-47(60-33(3)68)53(78)50(75)43(29-65)89-57/h32,36,38-40,43-45,47-55,57-59,65-67,75-80H,6-31H2,1-5H3,(H,60,68)(H,61,69)(H,62,70)(H,63,74)(H,64,81)(H,82,94)/p-1. The molecular formula is C59H101N5O28PS-. The number of aliphatic hydroxyl groups is 9. The van der Waals surface area contributed by atoms with Crippen molar-refractivity contribution in [3.8, 4) is 0 Å². The van der Waals surface area contributed by atoms with Crippen molar-refractivity contribution in [2.24, 2.45) is 5.92 Å². The number of amides is 5. The maximum Gasteiger partial charge on any atom is 0.223 e. The topological polar surface area (TPSA) is 494 Å². The number of hydrogen-bond acceptors (Lipinski definition) is 29. The monoisotopic (exact) mass is 1390 g/mol. The first-order valence-corrected chi connectivity index (χ1v) is 34.8. The number of Topliss-reactive ketones (excluding diaryl/α,β-unsaturated/α-hetero) is 3. The van der Waals surface area contributed by atoms with Gasteiger partial charge in [0.1, 0.15) is 78.8 Å². The van der Waals surface area contributed by atoms with Gasteiger partial charge in [-0.3, -0.25) is 38.4 Å². The molecule has 14 N–H and O–H groups in total. The third-order valence-electron chi connectivity index (χ3n) is 16.2. The Labute approximate surface area is 551 Å². The van der Waals surface area contributed by atoms with E-state index in [1.165, 1.54) is 20.8 Å². The molecule has 0 bridgehead atoms. The minimum absolute atomic E-state index is 0.0103. The lowest BCUT2D eigenvalue weighted by Gasteiger charge is -2.42. The molecule has 0 radical (unpaired) electrons. The predicted molar refractivity (Wildman–Crippen MR) is 328 cm³/mol. The van der Waals surface area contributed by atoms with Gasteiger partial charge in [0.05, 0.1) is 77.6 Å². The average molecular weight is 1390 g/mol. The molecule has 33 nitrogen and oxygen atoms in total. The quantitative estimate of drug-likeness (QED) is 0.0201. The van der Waals surface area contributed by atoms with Crippen LogP contribution in [0.2, 0.25) is 0 Å². The van der Waals surface area contributed by atoms with Crippen LogP contribution in [0.1, 0.15) is 125 Å². The summed E-state index contributed by atoms with van der Waals surface area (Å²) in [7, 11) is 0. The lowest BCUT2D eigenvalue weighted by molar-refractivity contribution is -0.272. The summed E-state index contributed by atoms with van der Waals surface area (Å²) in [5.74, 6) is -4.43. The molecule has 0 aromatic heterocycles. The zero-order valence-corrected chi connectivity index (χ0v) is 55.8. The van der Waals surface area contributed by atoms with E-state index in [2.05, 4.69) is 26.6 Å². The van der Waals surface area contributed by atoms with Crippen LogP contribution in [0.3, 0.4) is 0 Å². The SMILES string of the molecule is CC(=O)NC1C(OCCOCCCC(=O)CCC(NC(=O)CCC(NC(=O)C2CCC(OP([O-])(=S)C(C)C)CC2)C(=O)CCCOCCOC2OC(CO)C(O)C(O)C2NC(C)=O)C(=O)CCCOCCOC2OC(CO)C(O)C(O)C2NC(C)=O)OC(CO)C(O)C1O. The van der Waals surface area contributed by atoms with Gasteiger partial charge in [-0.15, -0.1) is 0 Å². The number of carbonyl (C=O) groups is 8. The molecule has 0 spiro atoms. The summed E-state index contributed by atoms with van der Waals surface area (Å²) in [6.45, 7) is 1.43. The van der Waals surface area contributed by atoms with E-state index in [-0.39, 0.29) is 135 Å². The number of aliphatic hydroxyl groups excluding tert-OH is 9. The molecule has 18 unspecified atom stereocenters. The van der Waals surface area contributed by atoms with Gasteiger partial charge in [0.15, 0.2) is 30.4 Å². The second-order valence-corrected chi connectivity index (χ2v) is 27.9. The highest BCUT2D eigenvalue weighted by Crippen LogP contribution is 2.47. The molecule has 5 amide bonds. The smallest absolute Gasteiger partial charge is 0.223 e. The number of rotatable bonds is 44. The first-order chi connectivity index (χ1) is 44.6. The van der Waals surface area contributed by atoms with Crippen LogP contribution >= 0.6 is 6.49 Å². The van der Waals surface area contributed by atoms with Gasteiger partial charge in [-0.25, -0.2) is 0 Å². The van der Waals surface area contributed by atoms with Crippen molar-refractivity contribution < 1.29 is 136 Å². The summed E-state index contributed by atoms with van der Waals surface area (Å²) in [5.41, 5.74) is -0.381. The van der Waals surface area contributed by atoms with Gasteiger partial charge >= 0.3 is 0 Å². The van der Waals surface area contributed by atoms with Crippen LogP contribution in [-0.4, -0.2) is 288 Å². The van der Waals surface area contributed by atoms with E-state index in [9.17, 15) is 89.2 Å². The molecule has 18 atom stereocenters. The molecule has 94 heavy (non-hydrogen) atoms. The molecule has 0 aromatic carbocycles. The number of hydrogen-bond donors (Lipinski definition) is 14. The Bertz CT molecular complexity index is 2400. The average Bonchev–Trinajstić information content (AvgIpc) is 0.828. The van der Waals surface area contributed by atoms with Gasteiger partial charge in [-0.2, -0.15) is 0 Å². The molecule has 3 saturated heterocycles. The minimum atomic E-state index is -3.32. The van der Waals surface area contributed by atoms with Gasteiger partial charge in [-0.1, -0.05) is 25.7 Å². The van der Waals surface area contributed by atoms with Crippen molar-refractivity contribution in [1.29, 1.82) is 0 Å². The van der Waals surface area contributed by atoms with Gasteiger partial charge < -0.3 is 125 Å². The fourth-order valence-electron chi connectivity index (χ4n) is 10.9. The van der Waals surface area contributed by atoms with Crippen molar-refractivity contribution >= 4 is 65.2 Å². The summed E-state index contributed by atoms with van der Waals surface area (Å²) < 4.78 is 56.4. The Hall–Kier alpha value is -3.79. The Morgan fingerprint density at radius 1 is 0.500 bits per heavy atom. The lowest BCUT2D eigenvalue weighted by atomic mass is 9.86. The Kier molecular flexibility index (Phi) is 37.7. The molecule has 4 rings (SSSR count). The number of ketones is 3. The molecule has 4 fully saturated rings.